The van der Waals surface area contributed by atoms with Crippen LogP contribution in [0.2, 0.25) is 0 Å². The van der Waals surface area contributed by atoms with Crippen molar-refractivity contribution in [1.29, 1.82) is 0 Å². The molecule has 0 amide bonds. The fourth-order valence-corrected chi connectivity index (χ4v) is 1.51. The van der Waals surface area contributed by atoms with Crippen LogP contribution in [0.4, 0.5) is 0 Å². The van der Waals surface area contributed by atoms with Gasteiger partial charge in [0, 0.05) is 6.42 Å². The highest BCUT2D eigenvalue weighted by Gasteiger charge is 2.06. The van der Waals surface area contributed by atoms with E-state index in [0.29, 0.717) is 6.42 Å². The minimum Gasteiger partial charge on any atom is -0.294 e. The zero-order chi connectivity index (χ0) is 13.3. The lowest BCUT2D eigenvalue weighted by atomic mass is 10.0. The van der Waals surface area contributed by atoms with Crippen LogP contribution in [0.1, 0.15) is 47.5 Å². The first-order valence-electron chi connectivity index (χ1n) is 6.18. The van der Waals surface area contributed by atoms with Crippen LogP contribution in [0, 0.1) is 0 Å². The summed E-state index contributed by atoms with van der Waals surface area (Å²) in [4.78, 5) is 11.8. The van der Waals surface area contributed by atoms with Crippen molar-refractivity contribution in [2.24, 2.45) is 0 Å². The van der Waals surface area contributed by atoms with E-state index in [1.54, 1.807) is 0 Å². The van der Waals surface area contributed by atoms with Gasteiger partial charge in [0.05, 0.1) is 0 Å². The molecule has 0 aliphatic rings. The SMILES string of the molecule is CC=C(C)/C=C\C=C/CC(=O)C(CC)=C(C)C. The average molecular weight is 232 g/mol. The van der Waals surface area contributed by atoms with Crippen molar-refractivity contribution in [3.63, 3.8) is 0 Å². The molecule has 0 unspecified atom stereocenters. The normalized spacial score (nSPS) is 12.4. The number of hydrogen-bond donors (Lipinski definition) is 0. The van der Waals surface area contributed by atoms with E-state index in [4.69, 9.17) is 0 Å². The molecule has 0 N–H and O–H groups in total. The van der Waals surface area contributed by atoms with Gasteiger partial charge in [-0.25, -0.2) is 0 Å². The lowest BCUT2D eigenvalue weighted by Gasteiger charge is -2.03. The summed E-state index contributed by atoms with van der Waals surface area (Å²) in [7, 11) is 0. The first kappa shape index (κ1) is 15.6. The Morgan fingerprint density at radius 1 is 1.12 bits per heavy atom. The second-order valence-corrected chi connectivity index (χ2v) is 4.28. The van der Waals surface area contributed by atoms with Crippen molar-refractivity contribution < 1.29 is 4.79 Å². The van der Waals surface area contributed by atoms with Crippen LogP contribution < -0.4 is 0 Å². The molecule has 0 saturated heterocycles. The van der Waals surface area contributed by atoms with E-state index in [-0.39, 0.29) is 5.78 Å². The minimum atomic E-state index is 0.236. The summed E-state index contributed by atoms with van der Waals surface area (Å²) in [6.07, 6.45) is 11.2. The van der Waals surface area contributed by atoms with Gasteiger partial charge in [-0.2, -0.15) is 0 Å². The Balaban J connectivity index is 4.31. The van der Waals surface area contributed by atoms with Gasteiger partial charge in [0.2, 0.25) is 0 Å². The fourth-order valence-electron chi connectivity index (χ4n) is 1.51. The lowest BCUT2D eigenvalue weighted by Crippen LogP contribution is -2.01. The van der Waals surface area contributed by atoms with Crippen LogP contribution in [0.5, 0.6) is 0 Å². The Bertz CT molecular complexity index is 361. The Morgan fingerprint density at radius 2 is 1.76 bits per heavy atom. The maximum atomic E-state index is 11.8. The van der Waals surface area contributed by atoms with Gasteiger partial charge in [-0.1, -0.05) is 48.5 Å². The van der Waals surface area contributed by atoms with Crippen LogP contribution >= 0.6 is 0 Å². The fraction of sp³-hybridized carbons (Fsp3) is 0.438. The van der Waals surface area contributed by atoms with Crippen molar-refractivity contribution in [2.45, 2.75) is 47.5 Å². The van der Waals surface area contributed by atoms with Crippen LogP contribution in [0.15, 0.2) is 47.1 Å². The van der Waals surface area contributed by atoms with Crippen molar-refractivity contribution in [1.82, 2.24) is 0 Å². The molecular formula is C16H24O. The number of rotatable bonds is 6. The molecule has 17 heavy (non-hydrogen) atoms. The van der Waals surface area contributed by atoms with Crippen molar-refractivity contribution >= 4 is 5.78 Å². The topological polar surface area (TPSA) is 17.1 Å². The van der Waals surface area contributed by atoms with Gasteiger partial charge < -0.3 is 0 Å². The summed E-state index contributed by atoms with van der Waals surface area (Å²) in [6.45, 7) is 10.1. The molecule has 1 heteroatoms. The van der Waals surface area contributed by atoms with E-state index in [9.17, 15) is 4.79 Å². The van der Waals surface area contributed by atoms with E-state index < -0.39 is 0 Å². The second-order valence-electron chi connectivity index (χ2n) is 4.28. The lowest BCUT2D eigenvalue weighted by molar-refractivity contribution is -0.114. The third-order valence-electron chi connectivity index (χ3n) is 2.66. The number of carbonyl (C=O) groups excluding carboxylic acids is 1. The summed E-state index contributed by atoms with van der Waals surface area (Å²) in [6, 6.07) is 0. The Labute approximate surface area is 106 Å². The van der Waals surface area contributed by atoms with E-state index in [2.05, 4.69) is 0 Å². The largest absolute Gasteiger partial charge is 0.294 e. The monoisotopic (exact) mass is 232 g/mol. The predicted octanol–water partition coefficient (Wildman–Crippen LogP) is 4.77. The Hall–Kier alpha value is -1.37. The van der Waals surface area contributed by atoms with E-state index >= 15 is 0 Å². The van der Waals surface area contributed by atoms with E-state index in [0.717, 1.165) is 17.6 Å². The highest BCUT2D eigenvalue weighted by molar-refractivity contribution is 5.96. The number of ketones is 1. The van der Waals surface area contributed by atoms with Gasteiger partial charge in [0.25, 0.3) is 0 Å². The molecule has 94 valence electrons. The van der Waals surface area contributed by atoms with Gasteiger partial charge in [-0.3, -0.25) is 4.79 Å². The molecule has 0 aromatic heterocycles. The molecule has 0 fully saturated rings. The van der Waals surface area contributed by atoms with Gasteiger partial charge in [-0.15, -0.1) is 0 Å². The van der Waals surface area contributed by atoms with Crippen LogP contribution in [-0.4, -0.2) is 5.78 Å². The van der Waals surface area contributed by atoms with Crippen molar-refractivity contribution in [3.05, 3.63) is 47.1 Å². The number of allylic oxidation sites excluding steroid dienone is 8. The molecule has 0 atom stereocenters. The van der Waals surface area contributed by atoms with Gasteiger partial charge in [0.15, 0.2) is 5.78 Å². The van der Waals surface area contributed by atoms with Gasteiger partial charge >= 0.3 is 0 Å². The number of carbonyl (C=O) groups is 1. The smallest absolute Gasteiger partial charge is 0.162 e. The molecule has 0 bridgehead atoms. The molecule has 0 heterocycles. The second kappa shape index (κ2) is 8.74. The Kier molecular flexibility index (Phi) is 8.04. The highest BCUT2D eigenvalue weighted by atomic mass is 16.1. The van der Waals surface area contributed by atoms with Crippen LogP contribution in [-0.2, 0) is 4.79 Å². The number of hydrogen-bond acceptors (Lipinski definition) is 1. The van der Waals surface area contributed by atoms with Crippen molar-refractivity contribution in [2.75, 3.05) is 0 Å². The molecule has 0 aliphatic heterocycles. The van der Waals surface area contributed by atoms with Gasteiger partial charge in [-0.05, 0) is 39.7 Å². The summed E-state index contributed by atoms with van der Waals surface area (Å²) in [5.41, 5.74) is 3.31. The first-order chi connectivity index (χ1) is 8.02. The number of Topliss-reactive ketones (excluding diaryl/α,β-unsaturated/α-hetero) is 1. The zero-order valence-electron chi connectivity index (χ0n) is 11.7. The first-order valence-corrected chi connectivity index (χ1v) is 6.18. The third-order valence-corrected chi connectivity index (χ3v) is 2.66. The van der Waals surface area contributed by atoms with Crippen molar-refractivity contribution in [3.8, 4) is 0 Å². The summed E-state index contributed by atoms with van der Waals surface area (Å²) in [5, 5.41) is 0. The molecule has 0 rings (SSSR count). The molecular weight excluding hydrogens is 208 g/mol. The zero-order valence-corrected chi connectivity index (χ0v) is 11.7. The maximum Gasteiger partial charge on any atom is 0.162 e. The summed E-state index contributed by atoms with van der Waals surface area (Å²) in [5.74, 6) is 0.236. The standard InChI is InChI=1S/C16H24O/c1-6-14(5)11-9-8-10-12-16(17)15(7-2)13(3)4/h6,8-11H,7,12H2,1-5H3/b10-8-,11-9-,14-6?. The molecule has 0 radical (unpaired) electrons. The van der Waals surface area contributed by atoms with E-state index in [1.807, 2.05) is 65.0 Å². The molecule has 0 aromatic rings. The van der Waals surface area contributed by atoms with Crippen LogP contribution in [0.25, 0.3) is 0 Å². The van der Waals surface area contributed by atoms with Crippen LogP contribution in [0.3, 0.4) is 0 Å². The minimum absolute atomic E-state index is 0.236. The summed E-state index contributed by atoms with van der Waals surface area (Å²) < 4.78 is 0. The Morgan fingerprint density at radius 3 is 2.24 bits per heavy atom. The summed E-state index contributed by atoms with van der Waals surface area (Å²) >= 11 is 0. The quantitative estimate of drug-likeness (QED) is 0.476. The molecule has 0 spiro atoms. The maximum absolute atomic E-state index is 11.8. The third kappa shape index (κ3) is 6.72. The van der Waals surface area contributed by atoms with Gasteiger partial charge in [0.1, 0.15) is 0 Å². The molecule has 0 saturated carbocycles. The van der Waals surface area contributed by atoms with E-state index in [1.165, 1.54) is 5.57 Å². The molecule has 0 aliphatic carbocycles. The molecule has 0 aromatic carbocycles. The highest BCUT2D eigenvalue weighted by Crippen LogP contribution is 2.11. The average Bonchev–Trinajstić information content (AvgIpc) is 2.28. The predicted molar refractivity (Wildman–Crippen MR) is 76.0 cm³/mol. The molecule has 1 nitrogen and oxygen atoms in total.